The van der Waals surface area contributed by atoms with Crippen LogP contribution in [0.5, 0.6) is 5.75 Å². The number of halogens is 1. The number of nitrogens with zero attached hydrogens (tertiary/aromatic N) is 1. The van der Waals surface area contributed by atoms with Gasteiger partial charge in [-0.15, -0.1) is 0 Å². The van der Waals surface area contributed by atoms with Crippen molar-refractivity contribution in [3.05, 3.63) is 28.2 Å². The Morgan fingerprint density at radius 3 is 2.59 bits per heavy atom. The zero-order valence-electron chi connectivity index (χ0n) is 13.8. The summed E-state index contributed by atoms with van der Waals surface area (Å²) in [6.07, 6.45) is 6.00. The van der Waals surface area contributed by atoms with Gasteiger partial charge in [0.25, 0.3) is 5.91 Å². The van der Waals surface area contributed by atoms with Crippen LogP contribution in [0.15, 0.2) is 22.7 Å². The van der Waals surface area contributed by atoms with Crippen molar-refractivity contribution in [3.63, 3.8) is 0 Å². The highest BCUT2D eigenvalue weighted by Crippen LogP contribution is 2.29. The topological polar surface area (TPSA) is 29.5 Å². The maximum atomic E-state index is 13.0. The predicted octanol–water partition coefficient (Wildman–Crippen LogP) is 5.03. The molecular weight excluding hydrogens is 342 g/mol. The van der Waals surface area contributed by atoms with Gasteiger partial charge in [-0.05, 0) is 67.7 Å². The Balaban J connectivity index is 2.24. The van der Waals surface area contributed by atoms with Gasteiger partial charge in [0.2, 0.25) is 0 Å². The van der Waals surface area contributed by atoms with Gasteiger partial charge in [0.15, 0.2) is 0 Å². The summed E-state index contributed by atoms with van der Waals surface area (Å²) in [5, 5.41) is 0. The predicted molar refractivity (Wildman–Crippen MR) is 93.5 cm³/mol. The lowest BCUT2D eigenvalue weighted by Gasteiger charge is -2.37. The molecule has 1 aliphatic rings. The summed E-state index contributed by atoms with van der Waals surface area (Å²) in [5.74, 6) is 0.857. The first kappa shape index (κ1) is 17.3. The summed E-state index contributed by atoms with van der Waals surface area (Å²) < 4.78 is 6.48. The Morgan fingerprint density at radius 2 is 2.00 bits per heavy atom. The molecule has 0 unspecified atom stereocenters. The maximum absolute atomic E-state index is 13.0. The van der Waals surface area contributed by atoms with Crippen molar-refractivity contribution >= 4 is 21.8 Å². The molecule has 0 spiro atoms. The molecule has 0 saturated heterocycles. The summed E-state index contributed by atoms with van der Waals surface area (Å²) in [6, 6.07) is 6.23. The second-order valence-corrected chi connectivity index (χ2v) is 7.03. The zero-order valence-corrected chi connectivity index (χ0v) is 15.4. The quantitative estimate of drug-likeness (QED) is 0.729. The van der Waals surface area contributed by atoms with Gasteiger partial charge in [-0.1, -0.05) is 19.3 Å². The molecule has 4 heteroatoms. The number of rotatable bonds is 5. The van der Waals surface area contributed by atoms with Crippen molar-refractivity contribution in [2.45, 2.75) is 65.0 Å². The molecule has 0 heterocycles. The van der Waals surface area contributed by atoms with E-state index in [2.05, 4.69) is 34.7 Å². The highest BCUT2D eigenvalue weighted by molar-refractivity contribution is 9.10. The van der Waals surface area contributed by atoms with Gasteiger partial charge in [0.1, 0.15) is 5.75 Å². The van der Waals surface area contributed by atoms with E-state index in [1.807, 2.05) is 25.1 Å². The van der Waals surface area contributed by atoms with Crippen LogP contribution >= 0.6 is 15.9 Å². The van der Waals surface area contributed by atoms with Crippen LogP contribution in [0.2, 0.25) is 0 Å². The van der Waals surface area contributed by atoms with Crippen LogP contribution in [0, 0.1) is 0 Å². The molecule has 0 N–H and O–H groups in total. The minimum absolute atomic E-state index is 0.121. The number of amides is 1. The lowest BCUT2D eigenvalue weighted by Crippen LogP contribution is -2.45. The van der Waals surface area contributed by atoms with Crippen molar-refractivity contribution in [2.75, 3.05) is 6.61 Å². The molecular formula is C18H26BrNO2. The first-order valence-electron chi connectivity index (χ1n) is 8.29. The van der Waals surface area contributed by atoms with Crippen LogP contribution in [0.25, 0.3) is 0 Å². The molecule has 122 valence electrons. The average molecular weight is 368 g/mol. The third-order valence-corrected chi connectivity index (χ3v) is 4.89. The summed E-state index contributed by atoms with van der Waals surface area (Å²) in [6.45, 7) is 6.75. The van der Waals surface area contributed by atoms with E-state index in [1.165, 1.54) is 19.3 Å². The Kier molecular flexibility index (Phi) is 6.30. The van der Waals surface area contributed by atoms with Crippen LogP contribution in [0.3, 0.4) is 0 Å². The molecule has 0 bridgehead atoms. The fourth-order valence-corrected chi connectivity index (χ4v) is 3.59. The smallest absolute Gasteiger partial charge is 0.254 e. The lowest BCUT2D eigenvalue weighted by molar-refractivity contribution is 0.0555. The van der Waals surface area contributed by atoms with Gasteiger partial charge >= 0.3 is 0 Å². The van der Waals surface area contributed by atoms with Crippen LogP contribution in [0.4, 0.5) is 0 Å². The van der Waals surface area contributed by atoms with Crippen LogP contribution < -0.4 is 4.74 Å². The normalized spacial score (nSPS) is 15.9. The van der Waals surface area contributed by atoms with Crippen molar-refractivity contribution in [1.82, 2.24) is 4.90 Å². The minimum Gasteiger partial charge on any atom is -0.493 e. The van der Waals surface area contributed by atoms with E-state index in [9.17, 15) is 4.79 Å². The molecule has 1 fully saturated rings. The third kappa shape index (κ3) is 4.03. The number of hydrogen-bond donors (Lipinski definition) is 0. The van der Waals surface area contributed by atoms with Crippen LogP contribution in [0.1, 0.15) is 63.2 Å². The molecule has 1 aliphatic carbocycles. The fourth-order valence-electron chi connectivity index (χ4n) is 3.23. The molecule has 0 atom stereocenters. The van der Waals surface area contributed by atoms with E-state index in [-0.39, 0.29) is 11.9 Å². The number of hydrogen-bond acceptors (Lipinski definition) is 2. The summed E-state index contributed by atoms with van der Waals surface area (Å²) in [5.41, 5.74) is 0.714. The summed E-state index contributed by atoms with van der Waals surface area (Å²) >= 11 is 3.47. The lowest BCUT2D eigenvalue weighted by atomic mass is 9.93. The van der Waals surface area contributed by atoms with Gasteiger partial charge in [0, 0.05) is 17.6 Å². The van der Waals surface area contributed by atoms with E-state index in [1.54, 1.807) is 0 Å². The molecule has 1 saturated carbocycles. The maximum Gasteiger partial charge on any atom is 0.254 e. The Bertz CT molecular complexity index is 510. The molecule has 1 aromatic rings. The first-order chi connectivity index (χ1) is 10.5. The molecule has 0 radical (unpaired) electrons. The van der Waals surface area contributed by atoms with Gasteiger partial charge in [-0.25, -0.2) is 0 Å². The SMILES string of the molecule is CCOc1cc(C(=O)N(C(C)C)C2CCCCC2)ccc1Br. The molecule has 1 amide bonds. The fraction of sp³-hybridized carbons (Fsp3) is 0.611. The van der Waals surface area contributed by atoms with E-state index >= 15 is 0 Å². The molecule has 1 aromatic carbocycles. The Hall–Kier alpha value is -1.03. The molecule has 2 rings (SSSR count). The number of ether oxygens (including phenoxy) is 1. The molecule has 22 heavy (non-hydrogen) atoms. The highest BCUT2D eigenvalue weighted by Gasteiger charge is 2.28. The van der Waals surface area contributed by atoms with E-state index < -0.39 is 0 Å². The second-order valence-electron chi connectivity index (χ2n) is 6.18. The Labute approximate surface area is 142 Å². The van der Waals surface area contributed by atoms with Gasteiger partial charge in [-0.3, -0.25) is 4.79 Å². The number of benzene rings is 1. The van der Waals surface area contributed by atoms with Crippen LogP contribution in [-0.4, -0.2) is 29.5 Å². The third-order valence-electron chi connectivity index (χ3n) is 4.24. The van der Waals surface area contributed by atoms with Crippen molar-refractivity contribution < 1.29 is 9.53 Å². The zero-order chi connectivity index (χ0) is 16.1. The molecule has 0 aliphatic heterocycles. The largest absolute Gasteiger partial charge is 0.493 e. The van der Waals surface area contributed by atoms with Gasteiger partial charge in [-0.2, -0.15) is 0 Å². The average Bonchev–Trinajstić information content (AvgIpc) is 2.50. The summed E-state index contributed by atoms with van der Waals surface area (Å²) in [7, 11) is 0. The number of carbonyl (C=O) groups is 1. The van der Waals surface area contributed by atoms with Gasteiger partial charge in [0.05, 0.1) is 11.1 Å². The second kappa shape index (κ2) is 8.00. The Morgan fingerprint density at radius 1 is 1.32 bits per heavy atom. The van der Waals surface area contributed by atoms with E-state index in [4.69, 9.17) is 4.74 Å². The molecule has 0 aromatic heterocycles. The van der Waals surface area contributed by atoms with Crippen LogP contribution in [-0.2, 0) is 0 Å². The van der Waals surface area contributed by atoms with Crippen molar-refractivity contribution in [2.24, 2.45) is 0 Å². The first-order valence-corrected chi connectivity index (χ1v) is 9.09. The highest BCUT2D eigenvalue weighted by atomic mass is 79.9. The van der Waals surface area contributed by atoms with E-state index in [0.717, 1.165) is 23.1 Å². The molecule has 3 nitrogen and oxygen atoms in total. The monoisotopic (exact) mass is 367 g/mol. The van der Waals surface area contributed by atoms with Gasteiger partial charge < -0.3 is 9.64 Å². The van der Waals surface area contributed by atoms with Crippen molar-refractivity contribution in [1.29, 1.82) is 0 Å². The number of carbonyl (C=O) groups excluding carboxylic acids is 1. The summed E-state index contributed by atoms with van der Waals surface area (Å²) in [4.78, 5) is 15.1. The van der Waals surface area contributed by atoms with Crippen molar-refractivity contribution in [3.8, 4) is 5.75 Å². The van der Waals surface area contributed by atoms with E-state index in [0.29, 0.717) is 18.2 Å². The standard InChI is InChI=1S/C18H26BrNO2/c1-4-22-17-12-14(10-11-16(17)19)18(21)20(13(2)3)15-8-6-5-7-9-15/h10-13,15H,4-9H2,1-3H3. The minimum atomic E-state index is 0.121.